The van der Waals surface area contributed by atoms with Gasteiger partial charge in [0.2, 0.25) is 0 Å². The maximum absolute atomic E-state index is 12.5. The number of nitrogens with zero attached hydrogens (tertiary/aromatic N) is 4. The fraction of sp³-hybridized carbons (Fsp3) is 0.118. The number of carbonyl (C=O) groups is 1. The molecule has 1 N–H and O–H groups in total. The van der Waals surface area contributed by atoms with Gasteiger partial charge in [0.25, 0.3) is 11.6 Å². The number of aromatic nitrogens is 3. The molecule has 0 unspecified atom stereocenters. The fourth-order valence-electron chi connectivity index (χ4n) is 2.44. The average Bonchev–Trinajstić information content (AvgIpc) is 3.10. The van der Waals surface area contributed by atoms with Crippen LogP contribution in [-0.2, 0) is 6.54 Å². The Morgan fingerprint density at radius 3 is 2.80 bits per heavy atom. The Kier molecular flexibility index (Phi) is 4.51. The van der Waals surface area contributed by atoms with Crippen molar-refractivity contribution in [3.63, 3.8) is 0 Å². The van der Waals surface area contributed by atoms with Gasteiger partial charge in [0.15, 0.2) is 5.82 Å². The van der Waals surface area contributed by atoms with Gasteiger partial charge in [-0.2, -0.15) is 0 Å². The van der Waals surface area contributed by atoms with Gasteiger partial charge in [-0.15, -0.1) is 10.2 Å². The van der Waals surface area contributed by atoms with Gasteiger partial charge in [0.1, 0.15) is 6.33 Å². The van der Waals surface area contributed by atoms with Crippen LogP contribution in [0.15, 0.2) is 54.9 Å². The van der Waals surface area contributed by atoms with Crippen molar-refractivity contribution in [3.05, 3.63) is 70.5 Å². The monoisotopic (exact) mass is 337 g/mol. The Hall–Kier alpha value is -3.55. The summed E-state index contributed by atoms with van der Waals surface area (Å²) in [6.45, 7) is 2.66. The van der Waals surface area contributed by atoms with Crippen LogP contribution in [0.3, 0.4) is 0 Å². The third-order valence-corrected chi connectivity index (χ3v) is 3.69. The Labute approximate surface area is 143 Å². The number of para-hydroxylation sites is 1. The van der Waals surface area contributed by atoms with Gasteiger partial charge in [0.05, 0.1) is 10.6 Å². The topological polar surface area (TPSA) is 103 Å². The predicted molar refractivity (Wildman–Crippen MR) is 92.2 cm³/mol. The Morgan fingerprint density at radius 2 is 2.04 bits per heavy atom. The molecule has 3 rings (SSSR count). The van der Waals surface area contributed by atoms with Crippen LogP contribution < -0.4 is 5.32 Å². The Balaban J connectivity index is 1.93. The summed E-state index contributed by atoms with van der Waals surface area (Å²) in [4.78, 5) is 22.8. The highest BCUT2D eigenvalue weighted by atomic mass is 16.6. The third kappa shape index (κ3) is 3.37. The molecule has 3 aromatic rings. The minimum Gasteiger partial charge on any atom is -0.321 e. The number of carbonyl (C=O) groups excluding carboxylic acids is 1. The zero-order valence-electron chi connectivity index (χ0n) is 13.4. The van der Waals surface area contributed by atoms with Crippen LogP contribution in [0, 0.1) is 10.1 Å². The highest BCUT2D eigenvalue weighted by Crippen LogP contribution is 2.26. The molecule has 0 aliphatic carbocycles. The van der Waals surface area contributed by atoms with E-state index < -0.39 is 10.8 Å². The number of aryl methyl sites for hydroxylation is 1. The molecule has 0 aliphatic heterocycles. The van der Waals surface area contributed by atoms with Crippen molar-refractivity contribution >= 4 is 17.3 Å². The molecular weight excluding hydrogens is 322 g/mol. The van der Waals surface area contributed by atoms with Gasteiger partial charge < -0.3 is 9.88 Å². The van der Waals surface area contributed by atoms with Crippen LogP contribution in [0.25, 0.3) is 11.4 Å². The van der Waals surface area contributed by atoms with Crippen molar-refractivity contribution in [3.8, 4) is 11.4 Å². The number of amides is 1. The highest BCUT2D eigenvalue weighted by molar-refractivity contribution is 6.06. The van der Waals surface area contributed by atoms with E-state index in [1.54, 1.807) is 18.5 Å². The molecule has 8 nitrogen and oxygen atoms in total. The van der Waals surface area contributed by atoms with Crippen molar-refractivity contribution in [2.24, 2.45) is 0 Å². The van der Waals surface area contributed by atoms with Crippen molar-refractivity contribution in [1.29, 1.82) is 0 Å². The first-order valence-corrected chi connectivity index (χ1v) is 7.63. The van der Waals surface area contributed by atoms with Crippen LogP contribution in [-0.4, -0.2) is 25.6 Å². The molecule has 1 aromatic heterocycles. The summed E-state index contributed by atoms with van der Waals surface area (Å²) in [6.07, 6.45) is 1.62. The second-order valence-electron chi connectivity index (χ2n) is 5.25. The van der Waals surface area contributed by atoms with E-state index in [2.05, 4.69) is 15.5 Å². The fourth-order valence-corrected chi connectivity index (χ4v) is 2.44. The van der Waals surface area contributed by atoms with E-state index in [0.717, 1.165) is 5.56 Å². The first-order valence-electron chi connectivity index (χ1n) is 7.63. The number of benzene rings is 2. The second kappa shape index (κ2) is 6.91. The summed E-state index contributed by atoms with van der Waals surface area (Å²) >= 11 is 0. The molecular formula is C17H15N5O3. The van der Waals surface area contributed by atoms with E-state index in [1.165, 1.54) is 24.3 Å². The number of rotatable bonds is 5. The first-order chi connectivity index (χ1) is 12.1. The molecule has 1 heterocycles. The lowest BCUT2D eigenvalue weighted by atomic mass is 10.1. The zero-order valence-corrected chi connectivity index (χ0v) is 13.4. The lowest BCUT2D eigenvalue weighted by Crippen LogP contribution is -2.13. The molecule has 0 saturated heterocycles. The summed E-state index contributed by atoms with van der Waals surface area (Å²) in [6, 6.07) is 12.8. The quantitative estimate of drug-likeness (QED) is 0.569. The van der Waals surface area contributed by atoms with E-state index >= 15 is 0 Å². The zero-order chi connectivity index (χ0) is 17.8. The van der Waals surface area contributed by atoms with Crippen molar-refractivity contribution < 1.29 is 9.72 Å². The maximum atomic E-state index is 12.5. The third-order valence-electron chi connectivity index (χ3n) is 3.69. The van der Waals surface area contributed by atoms with Crippen LogP contribution in [0.1, 0.15) is 17.3 Å². The Morgan fingerprint density at radius 1 is 1.24 bits per heavy atom. The van der Waals surface area contributed by atoms with Gasteiger partial charge in [-0.1, -0.05) is 18.2 Å². The van der Waals surface area contributed by atoms with Gasteiger partial charge in [-0.3, -0.25) is 14.9 Å². The predicted octanol–water partition coefficient (Wildman–Crippen LogP) is 3.13. The molecule has 0 saturated carbocycles. The van der Waals surface area contributed by atoms with Crippen LogP contribution in [0.4, 0.5) is 11.4 Å². The van der Waals surface area contributed by atoms with E-state index in [4.69, 9.17) is 0 Å². The summed E-state index contributed by atoms with van der Waals surface area (Å²) < 4.78 is 1.86. The van der Waals surface area contributed by atoms with Gasteiger partial charge in [-0.05, 0) is 25.1 Å². The molecule has 0 aliphatic rings. The summed E-state index contributed by atoms with van der Waals surface area (Å²) in [5.41, 5.74) is 1.36. The number of nitro groups is 1. The van der Waals surface area contributed by atoms with E-state index in [9.17, 15) is 14.9 Å². The molecule has 2 aromatic carbocycles. The molecule has 126 valence electrons. The van der Waals surface area contributed by atoms with Crippen molar-refractivity contribution in [2.75, 3.05) is 5.32 Å². The Bertz CT molecular complexity index is 935. The number of hydrogen-bond acceptors (Lipinski definition) is 5. The standard InChI is InChI=1S/C17H15N5O3/c1-2-21-11-18-20-16(21)14-8-3-4-9-15(14)19-17(23)12-6-5-7-13(10-12)22(24)25/h3-11H,2H2,1H3,(H,19,23). The second-order valence-corrected chi connectivity index (χ2v) is 5.25. The van der Waals surface area contributed by atoms with Crippen LogP contribution >= 0.6 is 0 Å². The molecule has 0 fully saturated rings. The number of nitrogens with one attached hydrogen (secondary N) is 1. The number of nitro benzene ring substituents is 1. The molecule has 0 atom stereocenters. The highest BCUT2D eigenvalue weighted by Gasteiger charge is 2.15. The van der Waals surface area contributed by atoms with Gasteiger partial charge in [0, 0.05) is 29.8 Å². The lowest BCUT2D eigenvalue weighted by molar-refractivity contribution is -0.384. The summed E-state index contributed by atoms with van der Waals surface area (Å²) in [7, 11) is 0. The molecule has 0 bridgehead atoms. The first kappa shape index (κ1) is 16.3. The largest absolute Gasteiger partial charge is 0.321 e. The van der Waals surface area contributed by atoms with Gasteiger partial charge >= 0.3 is 0 Å². The van der Waals surface area contributed by atoms with E-state index in [0.29, 0.717) is 18.1 Å². The van der Waals surface area contributed by atoms with Crippen molar-refractivity contribution in [1.82, 2.24) is 14.8 Å². The molecule has 8 heteroatoms. The summed E-state index contributed by atoms with van der Waals surface area (Å²) in [5.74, 6) is 0.205. The SMILES string of the molecule is CCn1cnnc1-c1ccccc1NC(=O)c1cccc([N+](=O)[O-])c1. The van der Waals surface area contributed by atoms with Crippen molar-refractivity contribution in [2.45, 2.75) is 13.5 Å². The minimum absolute atomic E-state index is 0.133. The average molecular weight is 337 g/mol. The molecule has 0 spiro atoms. The number of non-ortho nitro benzene ring substituents is 1. The summed E-state index contributed by atoms with van der Waals surface area (Å²) in [5, 5.41) is 21.7. The normalized spacial score (nSPS) is 10.4. The smallest absolute Gasteiger partial charge is 0.270 e. The van der Waals surface area contributed by atoms with E-state index in [-0.39, 0.29) is 11.3 Å². The van der Waals surface area contributed by atoms with Gasteiger partial charge in [-0.25, -0.2) is 0 Å². The maximum Gasteiger partial charge on any atom is 0.270 e. The number of anilines is 1. The lowest BCUT2D eigenvalue weighted by Gasteiger charge is -2.11. The molecule has 1 amide bonds. The van der Waals surface area contributed by atoms with Crippen LogP contribution in [0.2, 0.25) is 0 Å². The minimum atomic E-state index is -0.533. The number of hydrogen-bond donors (Lipinski definition) is 1. The molecule has 0 radical (unpaired) electrons. The van der Waals surface area contributed by atoms with E-state index in [1.807, 2.05) is 23.6 Å². The van der Waals surface area contributed by atoms with Crippen LogP contribution in [0.5, 0.6) is 0 Å². The molecule has 25 heavy (non-hydrogen) atoms.